The number of ether oxygens (including phenoxy) is 7. The SMILES string of the molecule is CCCCCC/C=C\CCCCCCCC(=O)O[C@H](CCCCCCCCCCC)CC(=O)N[C@H]1C(OC(=O)C[C@@H](CCCCCCCCCCC)OC(=O)CCCCCCCCCCC)C(OP(=O)(O)O)C(CO)O[C@H]1OCC1OC(OP(C)(=O)O)[C@@H](NC(=O)C[C@H](O)CCCCCCCCCCC)C(OC(=O)C[C@H](O)CCCCCCCCCCC)[C@@H]1O. The summed E-state index contributed by atoms with van der Waals surface area (Å²) in [5.74, 6) is -4.84. The normalized spacial score (nSPS) is 20.7. The Kier molecular flexibility index (Phi) is 72.5. The van der Waals surface area contributed by atoms with Gasteiger partial charge in [-0.25, -0.2) is 4.57 Å². The number of phosphoric acid groups is 1. The predicted molar refractivity (Wildman–Crippen MR) is 493 cm³/mol. The van der Waals surface area contributed by atoms with Crippen LogP contribution >= 0.6 is 15.4 Å². The fourth-order valence-corrected chi connectivity index (χ4v) is 17.8. The molecule has 2 aliphatic rings. The number of unbranched alkanes of at least 4 members (excludes halogenated alkanes) is 49. The van der Waals surface area contributed by atoms with E-state index < -0.39 is 176 Å². The molecule has 2 amide bonds. The molecule has 28 heteroatoms. The van der Waals surface area contributed by atoms with Gasteiger partial charge in [-0.15, -0.1) is 0 Å². The van der Waals surface area contributed by atoms with Crippen LogP contribution in [0, 0.1) is 0 Å². The molecular weight excluding hydrogens is 1640 g/mol. The van der Waals surface area contributed by atoms with E-state index in [1.165, 1.54) is 64.2 Å². The molecule has 0 spiro atoms. The monoisotopic (exact) mass is 1820 g/mol. The van der Waals surface area contributed by atoms with Crippen LogP contribution in [0.25, 0.3) is 0 Å². The van der Waals surface area contributed by atoms with Crippen molar-refractivity contribution in [3.63, 3.8) is 0 Å². The quantitative estimate of drug-likeness (QED) is 0.00898. The molecule has 2 rings (SSSR count). The molecule has 734 valence electrons. The minimum absolute atomic E-state index is 0.0861. The van der Waals surface area contributed by atoms with Gasteiger partial charge in [0.1, 0.15) is 48.7 Å². The third-order valence-corrected chi connectivity index (χ3v) is 25.2. The smallest absolute Gasteiger partial charge is 0.462 e. The molecule has 0 saturated carbocycles. The Morgan fingerprint density at radius 1 is 0.368 bits per heavy atom. The van der Waals surface area contributed by atoms with Gasteiger partial charge in [0.25, 0.3) is 0 Å². The highest BCUT2D eigenvalue weighted by atomic mass is 31.2. The molecule has 7 unspecified atom stereocenters. The number of hydrogen-bond acceptors (Lipinski definition) is 21. The molecule has 9 N–H and O–H groups in total. The van der Waals surface area contributed by atoms with Gasteiger partial charge in [-0.2, -0.15) is 0 Å². The van der Waals surface area contributed by atoms with E-state index in [1.54, 1.807) is 0 Å². The van der Waals surface area contributed by atoms with Gasteiger partial charge in [-0.1, -0.05) is 362 Å². The van der Waals surface area contributed by atoms with Crippen LogP contribution < -0.4 is 10.6 Å². The topological polar surface area (TPSA) is 385 Å². The molecule has 0 aromatic heterocycles. The van der Waals surface area contributed by atoms with Crippen LogP contribution in [0.15, 0.2) is 12.2 Å². The summed E-state index contributed by atoms with van der Waals surface area (Å²) in [5, 5.41) is 51.8. The number of allylic oxidation sites excluding steroid dienone is 2. The first-order valence-electron chi connectivity index (χ1n) is 50.6. The highest BCUT2D eigenvalue weighted by Crippen LogP contribution is 2.44. The number of phosphoric ester groups is 1. The molecule has 2 heterocycles. The molecule has 26 nitrogen and oxygen atoms in total. The molecule has 125 heavy (non-hydrogen) atoms. The zero-order valence-electron chi connectivity index (χ0n) is 79.3. The maximum Gasteiger partial charge on any atom is 0.470 e. The average molecular weight is 1820 g/mol. The first-order chi connectivity index (χ1) is 60.3. The summed E-state index contributed by atoms with van der Waals surface area (Å²) < 4.78 is 81.5. The second kappa shape index (κ2) is 77.0. The molecule has 0 bridgehead atoms. The Morgan fingerprint density at radius 3 is 1.08 bits per heavy atom. The van der Waals surface area contributed by atoms with Crippen LogP contribution in [0.4, 0.5) is 0 Å². The number of nitrogens with one attached hydrogen (secondary N) is 2. The molecule has 0 aliphatic carbocycles. The predicted octanol–water partition coefficient (Wildman–Crippen LogP) is 21.9. The van der Waals surface area contributed by atoms with Crippen molar-refractivity contribution in [3.05, 3.63) is 12.2 Å². The zero-order chi connectivity index (χ0) is 91.8. The fraction of sp³-hybridized carbons (Fsp3) is 0.918. The van der Waals surface area contributed by atoms with Crippen LogP contribution in [0.5, 0.6) is 0 Å². The second-order valence-electron chi connectivity index (χ2n) is 36.2. The number of aliphatic hydroxyl groups excluding tert-OH is 4. The first-order valence-corrected chi connectivity index (χ1v) is 54.2. The number of carbonyl (C=O) groups excluding carboxylic acids is 6. The molecular formula is C97H182N2O24P2. The highest BCUT2D eigenvalue weighted by molar-refractivity contribution is 7.51. The molecule has 0 aromatic carbocycles. The van der Waals surface area contributed by atoms with Crippen LogP contribution in [0.1, 0.15) is 465 Å². The first kappa shape index (κ1) is 118. The van der Waals surface area contributed by atoms with Crippen LogP contribution in [-0.4, -0.2) is 176 Å². The number of hydrogen-bond donors (Lipinski definition) is 9. The van der Waals surface area contributed by atoms with E-state index in [-0.39, 0.29) is 38.5 Å². The molecule has 2 saturated heterocycles. The molecule has 0 aromatic rings. The fourth-order valence-electron chi connectivity index (χ4n) is 16.7. The molecule has 0 radical (unpaired) electrons. The zero-order valence-corrected chi connectivity index (χ0v) is 81.1. The summed E-state index contributed by atoms with van der Waals surface area (Å²) in [6.07, 6.45) is 39.6. The minimum Gasteiger partial charge on any atom is -0.462 e. The lowest BCUT2D eigenvalue weighted by atomic mass is 9.95. The lowest BCUT2D eigenvalue weighted by molar-refractivity contribution is -0.296. The van der Waals surface area contributed by atoms with E-state index in [4.69, 9.17) is 42.2 Å². The summed E-state index contributed by atoms with van der Waals surface area (Å²) in [6, 6.07) is -3.67. The van der Waals surface area contributed by atoms with E-state index >= 15 is 9.59 Å². The lowest BCUT2D eigenvalue weighted by Crippen LogP contribution is -2.68. The van der Waals surface area contributed by atoms with E-state index in [0.717, 1.165) is 263 Å². The van der Waals surface area contributed by atoms with Crippen LogP contribution in [0.3, 0.4) is 0 Å². The minimum atomic E-state index is -5.67. The van der Waals surface area contributed by atoms with Crippen LogP contribution in [0.2, 0.25) is 0 Å². The molecule has 2 aliphatic heterocycles. The number of rotatable bonds is 85. The van der Waals surface area contributed by atoms with Gasteiger partial charge in [-0.05, 0) is 77.0 Å². The number of aliphatic hydroxyl groups is 4. The maximum atomic E-state index is 15.2. The third kappa shape index (κ3) is 63.3. The lowest BCUT2D eigenvalue weighted by Gasteiger charge is -2.47. The Bertz CT molecular complexity index is 2800. The summed E-state index contributed by atoms with van der Waals surface area (Å²) in [5.41, 5.74) is 0. The Balaban J connectivity index is 2.84. The largest absolute Gasteiger partial charge is 0.470 e. The van der Waals surface area contributed by atoms with Crippen molar-refractivity contribution in [2.24, 2.45) is 0 Å². The summed E-state index contributed by atoms with van der Waals surface area (Å²) in [7, 11) is -10.4. The second-order valence-corrected chi connectivity index (χ2v) is 39.2. The number of carbonyl (C=O) groups is 6. The van der Waals surface area contributed by atoms with Gasteiger partial charge in [0.2, 0.25) is 11.8 Å². The summed E-state index contributed by atoms with van der Waals surface area (Å²) >= 11 is 0. The standard InChI is InChI=1S/C97H182N2O24P2/c1-8-14-20-26-32-38-39-40-41-47-53-59-64-70-86(105)116-80(68-62-56-50-44-35-29-23-17-11-4)74-85(104)99-91-95(121-89(108)75-81(69-63-57-51-45-36-30-24-18-12-5)117-87(106)71-65-58-52-46-37-31-25-19-13-6)93(122-125(112,113)114)82(76-100)118-96(91)115-77-83-92(109)94(120-88(107)73-79(102)67-61-55-49-43-34-28-22-16-10-3)90(97(119-83)123-124(7,110)111)98-84(103)72-78(101)66-60-54-48-42-33-27-21-15-9-2/h38-39,78-83,90-97,100-102,109H,8-37,40-77H2,1-7H3,(H,98,103)(H,99,104)(H,110,111)(H2,112,113,114)/b39-38-/t78-,79-,80-,81-,82?,83?,90+,91+,92-,93?,94?,95?,96-,97?/m1/s1. The van der Waals surface area contributed by atoms with Crippen molar-refractivity contribution in [1.29, 1.82) is 0 Å². The Morgan fingerprint density at radius 2 is 0.688 bits per heavy atom. The number of esters is 4. The van der Waals surface area contributed by atoms with Gasteiger partial charge in [0, 0.05) is 19.5 Å². The van der Waals surface area contributed by atoms with Gasteiger partial charge in [0.05, 0.1) is 51.1 Å². The van der Waals surface area contributed by atoms with Gasteiger partial charge in [0.15, 0.2) is 24.8 Å². The van der Waals surface area contributed by atoms with Crippen molar-refractivity contribution < 1.29 is 115 Å². The van der Waals surface area contributed by atoms with E-state index in [1.807, 2.05) is 0 Å². The van der Waals surface area contributed by atoms with Crippen molar-refractivity contribution >= 4 is 51.1 Å². The third-order valence-electron chi connectivity index (χ3n) is 24.1. The maximum absolute atomic E-state index is 15.2. The number of amides is 2. The van der Waals surface area contributed by atoms with E-state index in [2.05, 4.69) is 64.3 Å². The van der Waals surface area contributed by atoms with Crippen molar-refractivity contribution in [3.8, 4) is 0 Å². The van der Waals surface area contributed by atoms with E-state index in [0.29, 0.717) is 38.5 Å². The van der Waals surface area contributed by atoms with Crippen molar-refractivity contribution in [2.45, 2.75) is 551 Å². The average Bonchev–Trinajstić information content (AvgIpc) is 0.777. The summed E-state index contributed by atoms with van der Waals surface area (Å²) in [6.45, 7) is 11.9. The van der Waals surface area contributed by atoms with Crippen molar-refractivity contribution in [2.75, 3.05) is 19.9 Å². The van der Waals surface area contributed by atoms with Gasteiger partial charge in [-0.3, -0.25) is 42.4 Å². The van der Waals surface area contributed by atoms with Crippen LogP contribution in [-0.2, 0) is 80.1 Å². The highest BCUT2D eigenvalue weighted by Gasteiger charge is 2.55. The Labute approximate surface area is 756 Å². The summed E-state index contributed by atoms with van der Waals surface area (Å²) in [4.78, 5) is 119. The van der Waals surface area contributed by atoms with Gasteiger partial charge >= 0.3 is 39.3 Å². The van der Waals surface area contributed by atoms with Crippen molar-refractivity contribution in [1.82, 2.24) is 10.6 Å². The van der Waals surface area contributed by atoms with Gasteiger partial charge < -0.3 is 78.9 Å². The Hall–Kier alpha value is -3.46. The molecule has 15 atom stereocenters. The van der Waals surface area contributed by atoms with E-state index in [9.17, 15) is 63.4 Å². The molecule has 2 fully saturated rings.